The van der Waals surface area contributed by atoms with Crippen LogP contribution in [0.15, 0.2) is 24.3 Å². The lowest BCUT2D eigenvalue weighted by atomic mass is 9.89. The van der Waals surface area contributed by atoms with Crippen molar-refractivity contribution in [3.63, 3.8) is 0 Å². The van der Waals surface area contributed by atoms with E-state index in [1.165, 1.54) is 6.42 Å². The molecule has 1 amide bonds. The number of sulfonamides is 1. The van der Waals surface area contributed by atoms with Crippen LogP contribution in [0.1, 0.15) is 38.5 Å². The zero-order chi connectivity index (χ0) is 20.7. The predicted molar refractivity (Wildman–Crippen MR) is 115 cm³/mol. The van der Waals surface area contributed by atoms with Crippen molar-refractivity contribution < 1.29 is 17.9 Å². The van der Waals surface area contributed by atoms with E-state index in [4.69, 9.17) is 4.74 Å². The number of benzene rings is 1. The maximum Gasteiger partial charge on any atom is 0.223 e. The van der Waals surface area contributed by atoms with Crippen LogP contribution in [0.5, 0.6) is 5.75 Å². The first-order chi connectivity index (χ1) is 14.0. The second kappa shape index (κ2) is 10.3. The molecule has 8 heteroatoms. The van der Waals surface area contributed by atoms with Gasteiger partial charge in [0.25, 0.3) is 0 Å². The van der Waals surface area contributed by atoms with Crippen LogP contribution in [0.4, 0.5) is 5.69 Å². The van der Waals surface area contributed by atoms with Gasteiger partial charge in [-0.15, -0.1) is 0 Å². The van der Waals surface area contributed by atoms with E-state index in [1.807, 2.05) is 24.3 Å². The third-order valence-electron chi connectivity index (χ3n) is 5.92. The highest BCUT2D eigenvalue weighted by Crippen LogP contribution is 2.24. The summed E-state index contributed by atoms with van der Waals surface area (Å²) >= 11 is 0. The van der Waals surface area contributed by atoms with Crippen molar-refractivity contribution in [1.82, 2.24) is 9.62 Å². The summed E-state index contributed by atoms with van der Waals surface area (Å²) in [4.78, 5) is 14.3. The van der Waals surface area contributed by atoms with Gasteiger partial charge >= 0.3 is 0 Å². The first-order valence-electron chi connectivity index (χ1n) is 10.6. The molecule has 1 aliphatic heterocycles. The molecule has 1 aliphatic carbocycles. The van der Waals surface area contributed by atoms with Crippen LogP contribution in [0, 0.1) is 5.92 Å². The van der Waals surface area contributed by atoms with Gasteiger partial charge in [0.1, 0.15) is 5.75 Å². The summed E-state index contributed by atoms with van der Waals surface area (Å²) < 4.78 is 32.0. The number of carbonyl (C=O) groups excluding carboxylic acids is 1. The molecule has 29 heavy (non-hydrogen) atoms. The van der Waals surface area contributed by atoms with E-state index in [0.29, 0.717) is 39.1 Å². The average Bonchev–Trinajstić information content (AvgIpc) is 2.77. The molecular formula is C21H33N3O4S. The quantitative estimate of drug-likeness (QED) is 0.649. The molecule has 1 aromatic rings. The molecule has 1 N–H and O–H groups in total. The molecule has 0 aromatic heterocycles. The maximum absolute atomic E-state index is 12.6. The molecule has 0 bridgehead atoms. The Morgan fingerprint density at radius 1 is 1.07 bits per heavy atom. The van der Waals surface area contributed by atoms with Crippen LogP contribution in [0.25, 0.3) is 0 Å². The molecule has 1 heterocycles. The lowest BCUT2D eigenvalue weighted by Crippen LogP contribution is -2.49. The Kier molecular flexibility index (Phi) is 7.77. The number of piperazine rings is 1. The smallest absolute Gasteiger partial charge is 0.223 e. The first-order valence-corrected chi connectivity index (χ1v) is 12.2. The molecule has 0 unspecified atom stereocenters. The van der Waals surface area contributed by atoms with Gasteiger partial charge in [-0.25, -0.2) is 8.42 Å². The Hall–Kier alpha value is -1.80. The predicted octanol–water partition coefficient (Wildman–Crippen LogP) is 2.23. The third kappa shape index (κ3) is 6.09. The Morgan fingerprint density at radius 2 is 1.72 bits per heavy atom. The van der Waals surface area contributed by atoms with Gasteiger partial charge in [-0.05, 0) is 43.5 Å². The van der Waals surface area contributed by atoms with E-state index in [0.717, 1.165) is 37.1 Å². The van der Waals surface area contributed by atoms with Gasteiger partial charge in [0.05, 0.1) is 12.9 Å². The molecule has 1 aromatic carbocycles. The Morgan fingerprint density at radius 3 is 2.34 bits per heavy atom. The highest BCUT2D eigenvalue weighted by molar-refractivity contribution is 7.89. The summed E-state index contributed by atoms with van der Waals surface area (Å²) in [7, 11) is -1.65. The van der Waals surface area contributed by atoms with E-state index in [9.17, 15) is 13.2 Å². The van der Waals surface area contributed by atoms with Crippen LogP contribution in [0.3, 0.4) is 0 Å². The Bertz CT molecular complexity index is 753. The first kappa shape index (κ1) is 21.9. The van der Waals surface area contributed by atoms with Crippen molar-refractivity contribution in [3.05, 3.63) is 24.3 Å². The van der Waals surface area contributed by atoms with Crippen molar-refractivity contribution in [3.8, 4) is 5.75 Å². The molecule has 7 nitrogen and oxygen atoms in total. The highest BCUT2D eigenvalue weighted by atomic mass is 32.2. The molecule has 0 spiro atoms. The fourth-order valence-corrected chi connectivity index (χ4v) is 5.61. The summed E-state index contributed by atoms with van der Waals surface area (Å²) in [5.41, 5.74) is 1.08. The van der Waals surface area contributed by atoms with Gasteiger partial charge in [-0.2, -0.15) is 4.31 Å². The van der Waals surface area contributed by atoms with Crippen LogP contribution in [-0.4, -0.2) is 64.2 Å². The van der Waals surface area contributed by atoms with Gasteiger partial charge in [0, 0.05) is 44.3 Å². The highest BCUT2D eigenvalue weighted by Gasteiger charge is 2.27. The monoisotopic (exact) mass is 423 g/mol. The van der Waals surface area contributed by atoms with Crippen molar-refractivity contribution >= 4 is 21.6 Å². The number of anilines is 1. The molecule has 0 atom stereocenters. The minimum atomic E-state index is -3.29. The van der Waals surface area contributed by atoms with Gasteiger partial charge in [0.2, 0.25) is 15.9 Å². The van der Waals surface area contributed by atoms with Crippen LogP contribution >= 0.6 is 0 Å². The van der Waals surface area contributed by atoms with Crippen LogP contribution in [-0.2, 0) is 14.8 Å². The molecule has 1 saturated carbocycles. The zero-order valence-corrected chi connectivity index (χ0v) is 18.1. The number of carbonyl (C=O) groups is 1. The molecular weight excluding hydrogens is 390 g/mol. The normalized spacial score (nSPS) is 19.1. The summed E-state index contributed by atoms with van der Waals surface area (Å²) in [6.45, 7) is 2.75. The number of ether oxygens (including phenoxy) is 1. The van der Waals surface area contributed by atoms with Gasteiger partial charge in [-0.3, -0.25) is 4.79 Å². The fraction of sp³-hybridized carbons (Fsp3) is 0.667. The third-order valence-corrected chi connectivity index (χ3v) is 7.88. The lowest BCUT2D eigenvalue weighted by molar-refractivity contribution is -0.125. The number of rotatable bonds is 8. The molecule has 3 rings (SSSR count). The van der Waals surface area contributed by atoms with E-state index in [2.05, 4.69) is 10.2 Å². The molecule has 1 saturated heterocycles. The fourth-order valence-electron chi connectivity index (χ4n) is 4.12. The topological polar surface area (TPSA) is 79.0 Å². The number of nitrogens with zero attached hydrogens (tertiary/aromatic N) is 2. The molecule has 2 aliphatic rings. The summed E-state index contributed by atoms with van der Waals surface area (Å²) in [6, 6.07) is 7.83. The van der Waals surface area contributed by atoms with Crippen LogP contribution in [0.2, 0.25) is 0 Å². The van der Waals surface area contributed by atoms with E-state index < -0.39 is 10.0 Å². The number of amides is 1. The number of hydrogen-bond donors (Lipinski definition) is 1. The van der Waals surface area contributed by atoms with Gasteiger partial charge in [0.15, 0.2) is 0 Å². The average molecular weight is 424 g/mol. The molecule has 162 valence electrons. The molecule has 2 fully saturated rings. The van der Waals surface area contributed by atoms with Crippen molar-refractivity contribution in [2.45, 2.75) is 38.5 Å². The summed E-state index contributed by atoms with van der Waals surface area (Å²) in [5, 5.41) is 2.93. The number of hydrogen-bond acceptors (Lipinski definition) is 5. The van der Waals surface area contributed by atoms with Crippen molar-refractivity contribution in [2.24, 2.45) is 5.92 Å². The summed E-state index contributed by atoms with van der Waals surface area (Å²) in [6.07, 6.45) is 5.84. The Balaban J connectivity index is 1.39. The number of methoxy groups -OCH3 is 1. The standard InChI is InChI=1S/C21H33N3O4S/c1-28-20-10-8-19(9-11-20)23-13-15-24(16-14-23)29(26,27)17-5-12-22-21(25)18-6-3-2-4-7-18/h8-11,18H,2-7,12-17H2,1H3,(H,22,25). The van der Waals surface area contributed by atoms with E-state index >= 15 is 0 Å². The van der Waals surface area contributed by atoms with E-state index in [-0.39, 0.29) is 17.6 Å². The van der Waals surface area contributed by atoms with E-state index in [1.54, 1.807) is 11.4 Å². The van der Waals surface area contributed by atoms with Crippen molar-refractivity contribution in [1.29, 1.82) is 0 Å². The maximum atomic E-state index is 12.6. The summed E-state index contributed by atoms with van der Waals surface area (Å²) in [5.74, 6) is 1.10. The zero-order valence-electron chi connectivity index (χ0n) is 17.3. The van der Waals surface area contributed by atoms with Crippen molar-refractivity contribution in [2.75, 3.05) is 50.5 Å². The number of nitrogens with one attached hydrogen (secondary N) is 1. The Labute approximate surface area is 174 Å². The second-order valence-corrected chi connectivity index (χ2v) is 9.97. The minimum Gasteiger partial charge on any atom is -0.497 e. The minimum absolute atomic E-state index is 0.0838. The largest absolute Gasteiger partial charge is 0.497 e. The lowest BCUT2D eigenvalue weighted by Gasteiger charge is -2.35. The second-order valence-electron chi connectivity index (χ2n) is 7.88. The van der Waals surface area contributed by atoms with Gasteiger partial charge < -0.3 is 15.0 Å². The van der Waals surface area contributed by atoms with Gasteiger partial charge in [-0.1, -0.05) is 19.3 Å². The van der Waals surface area contributed by atoms with Crippen LogP contribution < -0.4 is 15.0 Å². The molecule has 0 radical (unpaired) electrons. The SMILES string of the molecule is COc1ccc(N2CCN(S(=O)(=O)CCCNC(=O)C3CCCCC3)CC2)cc1.